The number of nitrogens with one attached hydrogen (secondary N) is 1. The molecule has 0 saturated carbocycles. The molecule has 2 amide bonds. The van der Waals surface area contributed by atoms with Crippen LogP contribution in [0.3, 0.4) is 0 Å². The van der Waals surface area contributed by atoms with E-state index in [4.69, 9.17) is 4.74 Å². The predicted molar refractivity (Wildman–Crippen MR) is 77.8 cm³/mol. The molecular formula is C14H20N2O3S. The van der Waals surface area contributed by atoms with Crippen molar-refractivity contribution in [1.29, 1.82) is 0 Å². The Hall–Kier alpha value is -1.56. The SMILES string of the molecule is CCOC(=O)NC1CCN(C(=O)Cc2cccs2)CC1. The second kappa shape index (κ2) is 7.28. The minimum atomic E-state index is -0.365. The molecule has 1 fully saturated rings. The van der Waals surface area contributed by atoms with Crippen LogP contribution in [0.25, 0.3) is 0 Å². The number of thiophene rings is 1. The van der Waals surface area contributed by atoms with Crippen LogP contribution >= 0.6 is 11.3 Å². The van der Waals surface area contributed by atoms with Crippen molar-refractivity contribution in [3.63, 3.8) is 0 Å². The zero-order valence-corrected chi connectivity index (χ0v) is 12.4. The molecule has 1 aromatic rings. The van der Waals surface area contributed by atoms with E-state index in [0.29, 0.717) is 26.1 Å². The Kier molecular flexibility index (Phi) is 5.40. The van der Waals surface area contributed by atoms with E-state index in [1.54, 1.807) is 18.3 Å². The van der Waals surface area contributed by atoms with Crippen molar-refractivity contribution in [2.75, 3.05) is 19.7 Å². The van der Waals surface area contributed by atoms with Crippen molar-refractivity contribution >= 4 is 23.3 Å². The third kappa shape index (κ3) is 4.23. The Bertz CT molecular complexity index is 439. The Balaban J connectivity index is 1.73. The number of hydrogen-bond acceptors (Lipinski definition) is 4. The van der Waals surface area contributed by atoms with Crippen LogP contribution in [-0.2, 0) is 16.0 Å². The fraction of sp³-hybridized carbons (Fsp3) is 0.571. The summed E-state index contributed by atoms with van der Waals surface area (Å²) in [6.07, 6.45) is 1.69. The standard InChI is InChI=1S/C14H20N2O3S/c1-2-19-14(18)15-11-5-7-16(8-6-11)13(17)10-12-4-3-9-20-12/h3-4,9,11H,2,5-8,10H2,1H3,(H,15,18). The van der Waals surface area contributed by atoms with E-state index in [0.717, 1.165) is 17.7 Å². The van der Waals surface area contributed by atoms with Crippen LogP contribution in [0, 0.1) is 0 Å². The van der Waals surface area contributed by atoms with Crippen molar-refractivity contribution in [3.8, 4) is 0 Å². The van der Waals surface area contributed by atoms with Crippen LogP contribution in [-0.4, -0.2) is 42.6 Å². The Morgan fingerprint density at radius 1 is 1.45 bits per heavy atom. The number of ether oxygens (including phenoxy) is 1. The van der Waals surface area contributed by atoms with Crippen LogP contribution in [0.5, 0.6) is 0 Å². The summed E-state index contributed by atoms with van der Waals surface area (Å²) in [5.41, 5.74) is 0. The molecule has 0 radical (unpaired) electrons. The number of rotatable bonds is 4. The second-order valence-electron chi connectivity index (χ2n) is 4.78. The molecule has 1 N–H and O–H groups in total. The summed E-state index contributed by atoms with van der Waals surface area (Å²) >= 11 is 1.61. The van der Waals surface area contributed by atoms with E-state index >= 15 is 0 Å². The molecule has 2 heterocycles. The average molecular weight is 296 g/mol. The maximum atomic E-state index is 12.1. The molecule has 0 atom stereocenters. The molecule has 1 saturated heterocycles. The summed E-state index contributed by atoms with van der Waals surface area (Å²) < 4.78 is 4.86. The topological polar surface area (TPSA) is 58.6 Å². The van der Waals surface area contributed by atoms with Gasteiger partial charge in [-0.05, 0) is 31.2 Å². The van der Waals surface area contributed by atoms with E-state index < -0.39 is 0 Å². The second-order valence-corrected chi connectivity index (χ2v) is 5.81. The lowest BCUT2D eigenvalue weighted by Gasteiger charge is -2.32. The third-order valence-corrected chi connectivity index (χ3v) is 4.23. The number of carbonyl (C=O) groups is 2. The summed E-state index contributed by atoms with van der Waals surface area (Å²) in [5.74, 6) is 0.169. The lowest BCUT2D eigenvalue weighted by molar-refractivity contribution is -0.131. The first kappa shape index (κ1) is 14.8. The lowest BCUT2D eigenvalue weighted by Crippen LogP contribution is -2.47. The number of alkyl carbamates (subject to hydrolysis) is 1. The van der Waals surface area contributed by atoms with Gasteiger partial charge in [-0.2, -0.15) is 0 Å². The van der Waals surface area contributed by atoms with Gasteiger partial charge in [0, 0.05) is 24.0 Å². The van der Waals surface area contributed by atoms with Gasteiger partial charge < -0.3 is 15.0 Å². The molecular weight excluding hydrogens is 276 g/mol. The highest BCUT2D eigenvalue weighted by Gasteiger charge is 2.24. The van der Waals surface area contributed by atoms with E-state index in [-0.39, 0.29) is 18.0 Å². The van der Waals surface area contributed by atoms with Crippen molar-refractivity contribution < 1.29 is 14.3 Å². The van der Waals surface area contributed by atoms with Crippen molar-refractivity contribution in [3.05, 3.63) is 22.4 Å². The molecule has 20 heavy (non-hydrogen) atoms. The molecule has 1 aromatic heterocycles. The van der Waals surface area contributed by atoms with Gasteiger partial charge in [0.2, 0.25) is 5.91 Å². The molecule has 1 aliphatic heterocycles. The minimum Gasteiger partial charge on any atom is -0.450 e. The molecule has 5 nitrogen and oxygen atoms in total. The largest absolute Gasteiger partial charge is 0.450 e. The molecule has 0 aliphatic carbocycles. The quantitative estimate of drug-likeness (QED) is 0.925. The van der Waals surface area contributed by atoms with Crippen LogP contribution in [0.1, 0.15) is 24.6 Å². The first-order valence-electron chi connectivity index (χ1n) is 6.92. The highest BCUT2D eigenvalue weighted by atomic mass is 32.1. The lowest BCUT2D eigenvalue weighted by atomic mass is 10.0. The smallest absolute Gasteiger partial charge is 0.407 e. The van der Waals surface area contributed by atoms with Crippen molar-refractivity contribution in [1.82, 2.24) is 10.2 Å². The van der Waals surface area contributed by atoms with Gasteiger partial charge in [0.1, 0.15) is 0 Å². The monoisotopic (exact) mass is 296 g/mol. The van der Waals surface area contributed by atoms with Crippen LogP contribution < -0.4 is 5.32 Å². The molecule has 1 aliphatic rings. The van der Waals surface area contributed by atoms with Gasteiger partial charge >= 0.3 is 6.09 Å². The van der Waals surface area contributed by atoms with Crippen LogP contribution in [0.4, 0.5) is 4.79 Å². The first-order chi connectivity index (χ1) is 9.69. The van der Waals surface area contributed by atoms with Crippen molar-refractivity contribution in [2.45, 2.75) is 32.2 Å². The zero-order chi connectivity index (χ0) is 14.4. The van der Waals surface area contributed by atoms with E-state index in [2.05, 4.69) is 5.32 Å². The average Bonchev–Trinajstić information content (AvgIpc) is 2.92. The van der Waals surface area contributed by atoms with Gasteiger partial charge in [-0.3, -0.25) is 4.79 Å². The maximum Gasteiger partial charge on any atom is 0.407 e. The van der Waals surface area contributed by atoms with Crippen LogP contribution in [0.15, 0.2) is 17.5 Å². The highest BCUT2D eigenvalue weighted by molar-refractivity contribution is 7.10. The Morgan fingerprint density at radius 3 is 2.80 bits per heavy atom. The fourth-order valence-electron chi connectivity index (χ4n) is 2.29. The number of amides is 2. The summed E-state index contributed by atoms with van der Waals surface area (Å²) in [6, 6.07) is 4.06. The molecule has 0 aromatic carbocycles. The van der Waals surface area contributed by atoms with Crippen molar-refractivity contribution in [2.24, 2.45) is 0 Å². The van der Waals surface area contributed by atoms with Gasteiger partial charge in [0.25, 0.3) is 0 Å². The highest BCUT2D eigenvalue weighted by Crippen LogP contribution is 2.15. The van der Waals surface area contributed by atoms with E-state index in [1.807, 2.05) is 22.4 Å². The Labute approximate surface area is 122 Å². The summed E-state index contributed by atoms with van der Waals surface area (Å²) in [7, 11) is 0. The fourth-order valence-corrected chi connectivity index (χ4v) is 2.98. The van der Waals surface area contributed by atoms with Gasteiger partial charge in [-0.1, -0.05) is 6.07 Å². The summed E-state index contributed by atoms with van der Waals surface area (Å²) in [4.78, 5) is 26.4. The number of nitrogens with zero attached hydrogens (tertiary/aromatic N) is 1. The number of carbonyl (C=O) groups excluding carboxylic acids is 2. The minimum absolute atomic E-state index is 0.111. The predicted octanol–water partition coefficient (Wildman–Crippen LogP) is 2.03. The van der Waals surface area contributed by atoms with E-state index in [9.17, 15) is 9.59 Å². The normalized spacial score (nSPS) is 15.9. The van der Waals surface area contributed by atoms with Gasteiger partial charge in [-0.25, -0.2) is 4.79 Å². The van der Waals surface area contributed by atoms with Crippen LogP contribution in [0.2, 0.25) is 0 Å². The third-order valence-electron chi connectivity index (χ3n) is 3.35. The van der Waals surface area contributed by atoms with Gasteiger partial charge in [-0.15, -0.1) is 11.3 Å². The van der Waals surface area contributed by atoms with Gasteiger partial charge in [0.05, 0.1) is 13.0 Å². The molecule has 0 unspecified atom stereocenters. The van der Waals surface area contributed by atoms with E-state index in [1.165, 1.54) is 0 Å². The Morgan fingerprint density at radius 2 is 2.20 bits per heavy atom. The summed E-state index contributed by atoms with van der Waals surface area (Å²) in [5, 5.41) is 4.81. The zero-order valence-electron chi connectivity index (χ0n) is 11.6. The maximum absolute atomic E-state index is 12.1. The number of piperidine rings is 1. The number of likely N-dealkylation sites (tertiary alicyclic amines) is 1. The molecule has 110 valence electrons. The summed E-state index contributed by atoms with van der Waals surface area (Å²) in [6.45, 7) is 3.55. The molecule has 0 spiro atoms. The first-order valence-corrected chi connectivity index (χ1v) is 7.80. The molecule has 0 bridgehead atoms. The molecule has 6 heteroatoms. The molecule has 2 rings (SSSR count). The van der Waals surface area contributed by atoms with Gasteiger partial charge in [0.15, 0.2) is 0 Å². The number of hydrogen-bond donors (Lipinski definition) is 1.